The zero-order valence-electron chi connectivity index (χ0n) is 9.27. The summed E-state index contributed by atoms with van der Waals surface area (Å²) in [5, 5.41) is 8.86. The minimum Gasteiger partial charge on any atom is -0.396 e. The van der Waals surface area contributed by atoms with Gasteiger partial charge in [0, 0.05) is 25.9 Å². The number of aliphatic hydroxyl groups excluding tert-OH is 1. The molecule has 0 spiro atoms. The molecule has 2 heterocycles. The summed E-state index contributed by atoms with van der Waals surface area (Å²) < 4.78 is 12.9. The van der Waals surface area contributed by atoms with Gasteiger partial charge in [-0.05, 0) is 36.9 Å². The van der Waals surface area contributed by atoms with Crippen LogP contribution in [0.1, 0.15) is 18.4 Å². The first-order valence-electron chi connectivity index (χ1n) is 5.70. The van der Waals surface area contributed by atoms with Crippen molar-refractivity contribution in [3.8, 4) is 0 Å². The molecular weight excluding hydrogens is 207 g/mol. The lowest BCUT2D eigenvalue weighted by atomic mass is 10.1. The lowest BCUT2D eigenvalue weighted by molar-refractivity contribution is 0.249. The van der Waals surface area contributed by atoms with Gasteiger partial charge in [-0.2, -0.15) is 0 Å². The summed E-state index contributed by atoms with van der Waals surface area (Å²) in [5.41, 5.74) is 0.921. The predicted octanol–water partition coefficient (Wildman–Crippen LogP) is 1.43. The van der Waals surface area contributed by atoms with Gasteiger partial charge in [0.05, 0.1) is 6.20 Å². The fourth-order valence-corrected chi connectivity index (χ4v) is 2.28. The third-order valence-corrected chi connectivity index (χ3v) is 3.08. The first-order chi connectivity index (χ1) is 7.78. The first-order valence-corrected chi connectivity index (χ1v) is 5.70. The van der Waals surface area contributed by atoms with Crippen molar-refractivity contribution < 1.29 is 9.50 Å². The number of hydrogen-bond acceptors (Lipinski definition) is 3. The summed E-state index contributed by atoms with van der Waals surface area (Å²) in [5.74, 6) is 0.315. The van der Waals surface area contributed by atoms with E-state index < -0.39 is 0 Å². The molecule has 16 heavy (non-hydrogen) atoms. The van der Waals surface area contributed by atoms with Crippen molar-refractivity contribution in [3.63, 3.8) is 0 Å². The van der Waals surface area contributed by atoms with Gasteiger partial charge in [0.1, 0.15) is 5.82 Å². The molecule has 0 saturated carbocycles. The van der Waals surface area contributed by atoms with Crippen molar-refractivity contribution in [1.82, 2.24) is 9.88 Å². The van der Waals surface area contributed by atoms with Gasteiger partial charge in [-0.25, -0.2) is 4.39 Å². The number of rotatable bonds is 4. The number of halogens is 1. The van der Waals surface area contributed by atoms with Gasteiger partial charge in [0.25, 0.3) is 0 Å². The SMILES string of the molecule is OCCC1CCN(Cc2cncc(F)c2)C1. The highest BCUT2D eigenvalue weighted by Crippen LogP contribution is 2.20. The van der Waals surface area contributed by atoms with E-state index >= 15 is 0 Å². The lowest BCUT2D eigenvalue weighted by Crippen LogP contribution is -2.20. The van der Waals surface area contributed by atoms with E-state index in [0.717, 1.165) is 38.0 Å². The van der Waals surface area contributed by atoms with E-state index in [1.54, 1.807) is 6.20 Å². The topological polar surface area (TPSA) is 36.4 Å². The third kappa shape index (κ3) is 3.00. The molecule has 0 amide bonds. The first kappa shape index (κ1) is 11.5. The second-order valence-corrected chi connectivity index (χ2v) is 4.41. The van der Waals surface area contributed by atoms with Crippen LogP contribution < -0.4 is 0 Å². The zero-order chi connectivity index (χ0) is 11.4. The highest BCUT2D eigenvalue weighted by Gasteiger charge is 2.21. The number of hydrogen-bond donors (Lipinski definition) is 1. The van der Waals surface area contributed by atoms with E-state index in [1.807, 2.05) is 0 Å². The van der Waals surface area contributed by atoms with Crippen LogP contribution in [0.15, 0.2) is 18.5 Å². The molecule has 2 rings (SSSR count). The van der Waals surface area contributed by atoms with E-state index in [2.05, 4.69) is 9.88 Å². The Morgan fingerprint density at radius 1 is 1.50 bits per heavy atom. The van der Waals surface area contributed by atoms with Crippen LogP contribution in [0.3, 0.4) is 0 Å². The van der Waals surface area contributed by atoms with Gasteiger partial charge in [0.15, 0.2) is 0 Å². The predicted molar refractivity (Wildman–Crippen MR) is 59.3 cm³/mol. The normalized spacial score (nSPS) is 21.5. The second kappa shape index (κ2) is 5.37. The van der Waals surface area contributed by atoms with Crippen molar-refractivity contribution in [1.29, 1.82) is 0 Å². The monoisotopic (exact) mass is 224 g/mol. The van der Waals surface area contributed by atoms with Crippen LogP contribution in [0.25, 0.3) is 0 Å². The van der Waals surface area contributed by atoms with Crippen LogP contribution in [-0.2, 0) is 6.54 Å². The molecule has 1 aromatic rings. The minimum atomic E-state index is -0.274. The fourth-order valence-electron chi connectivity index (χ4n) is 2.28. The van der Waals surface area contributed by atoms with E-state index in [9.17, 15) is 4.39 Å². The number of aromatic nitrogens is 1. The van der Waals surface area contributed by atoms with E-state index in [1.165, 1.54) is 12.3 Å². The van der Waals surface area contributed by atoms with E-state index in [0.29, 0.717) is 5.92 Å². The summed E-state index contributed by atoms with van der Waals surface area (Å²) in [4.78, 5) is 6.13. The zero-order valence-corrected chi connectivity index (χ0v) is 9.27. The Morgan fingerprint density at radius 3 is 3.12 bits per heavy atom. The number of likely N-dealkylation sites (tertiary alicyclic amines) is 1. The highest BCUT2D eigenvalue weighted by molar-refractivity contribution is 5.10. The Balaban J connectivity index is 1.87. The Hall–Kier alpha value is -1.00. The average molecular weight is 224 g/mol. The molecule has 1 saturated heterocycles. The summed E-state index contributed by atoms with van der Waals surface area (Å²) in [6, 6.07) is 1.53. The van der Waals surface area contributed by atoms with Crippen LogP contribution >= 0.6 is 0 Å². The Morgan fingerprint density at radius 2 is 2.38 bits per heavy atom. The molecule has 0 radical (unpaired) electrons. The molecule has 1 fully saturated rings. The molecule has 1 atom stereocenters. The molecule has 1 unspecified atom stereocenters. The van der Waals surface area contributed by atoms with Gasteiger partial charge in [-0.3, -0.25) is 9.88 Å². The molecule has 88 valence electrons. The molecule has 3 nitrogen and oxygen atoms in total. The molecule has 1 aliphatic heterocycles. The smallest absolute Gasteiger partial charge is 0.141 e. The number of aliphatic hydroxyl groups is 1. The molecule has 4 heteroatoms. The average Bonchev–Trinajstić information content (AvgIpc) is 2.66. The molecule has 0 bridgehead atoms. The number of pyridine rings is 1. The van der Waals surface area contributed by atoms with Crippen LogP contribution in [-0.4, -0.2) is 34.7 Å². The third-order valence-electron chi connectivity index (χ3n) is 3.08. The molecule has 1 aliphatic rings. The maximum absolute atomic E-state index is 12.9. The molecule has 1 N–H and O–H groups in total. The van der Waals surface area contributed by atoms with Crippen LogP contribution in [0.4, 0.5) is 4.39 Å². The second-order valence-electron chi connectivity index (χ2n) is 4.41. The maximum Gasteiger partial charge on any atom is 0.141 e. The van der Waals surface area contributed by atoms with Gasteiger partial charge in [-0.15, -0.1) is 0 Å². The molecule has 0 aliphatic carbocycles. The van der Waals surface area contributed by atoms with Gasteiger partial charge in [0.2, 0.25) is 0 Å². The summed E-state index contributed by atoms with van der Waals surface area (Å²) >= 11 is 0. The molecule has 0 aromatic carbocycles. The maximum atomic E-state index is 12.9. The number of nitrogens with zero attached hydrogens (tertiary/aromatic N) is 2. The Labute approximate surface area is 94.9 Å². The molecule has 1 aromatic heterocycles. The summed E-state index contributed by atoms with van der Waals surface area (Å²) in [7, 11) is 0. The van der Waals surface area contributed by atoms with Crippen molar-refractivity contribution in [2.45, 2.75) is 19.4 Å². The van der Waals surface area contributed by atoms with Crippen LogP contribution in [0, 0.1) is 11.7 Å². The summed E-state index contributed by atoms with van der Waals surface area (Å²) in [6.45, 7) is 3.05. The van der Waals surface area contributed by atoms with E-state index in [4.69, 9.17) is 5.11 Å². The van der Waals surface area contributed by atoms with Crippen molar-refractivity contribution in [2.75, 3.05) is 19.7 Å². The fraction of sp³-hybridized carbons (Fsp3) is 0.583. The minimum absolute atomic E-state index is 0.264. The van der Waals surface area contributed by atoms with Crippen LogP contribution in [0.5, 0.6) is 0 Å². The lowest BCUT2D eigenvalue weighted by Gasteiger charge is -2.15. The Bertz CT molecular complexity index is 346. The summed E-state index contributed by atoms with van der Waals surface area (Å²) in [6.07, 6.45) is 4.94. The van der Waals surface area contributed by atoms with Crippen LogP contribution in [0.2, 0.25) is 0 Å². The van der Waals surface area contributed by atoms with Gasteiger partial charge in [-0.1, -0.05) is 0 Å². The van der Waals surface area contributed by atoms with Crippen molar-refractivity contribution >= 4 is 0 Å². The largest absolute Gasteiger partial charge is 0.396 e. The van der Waals surface area contributed by atoms with Crippen molar-refractivity contribution in [3.05, 3.63) is 29.8 Å². The van der Waals surface area contributed by atoms with Gasteiger partial charge < -0.3 is 5.11 Å². The quantitative estimate of drug-likeness (QED) is 0.840. The standard InChI is InChI=1S/C12H17FN2O/c13-12-5-11(6-14-7-12)9-15-3-1-10(8-15)2-4-16/h5-7,10,16H,1-4,8-9H2. The Kier molecular flexibility index (Phi) is 3.85. The highest BCUT2D eigenvalue weighted by atomic mass is 19.1. The van der Waals surface area contributed by atoms with Gasteiger partial charge >= 0.3 is 0 Å². The van der Waals surface area contributed by atoms with Crippen molar-refractivity contribution in [2.24, 2.45) is 5.92 Å². The van der Waals surface area contributed by atoms with E-state index in [-0.39, 0.29) is 12.4 Å². The molecular formula is C12H17FN2O.